The minimum atomic E-state index is -0.947. The lowest BCUT2D eigenvalue weighted by Gasteiger charge is -1.98. The number of aryl methyl sites for hydroxylation is 1. The summed E-state index contributed by atoms with van der Waals surface area (Å²) in [6.07, 6.45) is 2.33. The second-order valence-electron chi connectivity index (χ2n) is 3.14. The van der Waals surface area contributed by atoms with E-state index in [0.29, 0.717) is 17.8 Å². The van der Waals surface area contributed by atoms with Crippen LogP contribution in [-0.2, 0) is 6.42 Å². The van der Waals surface area contributed by atoms with Gasteiger partial charge in [0, 0.05) is 10.7 Å². The predicted octanol–water partition coefficient (Wildman–Crippen LogP) is 2.36. The van der Waals surface area contributed by atoms with Gasteiger partial charge in [0.15, 0.2) is 5.69 Å². The number of nitrogens with zero attached hydrogens (tertiary/aromatic N) is 2. The molecule has 0 aliphatic heterocycles. The minimum Gasteiger partial charge on any atom is -0.477 e. The molecule has 0 saturated heterocycles. The Morgan fingerprint density at radius 2 is 2.33 bits per heavy atom. The molecule has 0 bridgehead atoms. The average molecular weight is 269 g/mol. The molecule has 4 nitrogen and oxygen atoms in total. The molecule has 2 aromatic heterocycles. The van der Waals surface area contributed by atoms with E-state index in [4.69, 9.17) is 5.11 Å². The number of aromatic nitrogens is 2. The Hall–Kier alpha value is -1.36. The third-order valence-electron chi connectivity index (χ3n) is 2.19. The number of carbonyl (C=O) groups is 1. The van der Waals surface area contributed by atoms with Crippen LogP contribution in [0.5, 0.6) is 0 Å². The van der Waals surface area contributed by atoms with Crippen LogP contribution >= 0.6 is 15.9 Å². The Kier molecular flexibility index (Phi) is 2.48. The summed E-state index contributed by atoms with van der Waals surface area (Å²) in [6, 6.07) is 3.63. The molecule has 0 fully saturated rings. The van der Waals surface area contributed by atoms with Gasteiger partial charge in [-0.05, 0) is 34.5 Å². The molecule has 0 aromatic carbocycles. The van der Waals surface area contributed by atoms with E-state index in [1.807, 2.05) is 13.0 Å². The van der Waals surface area contributed by atoms with Gasteiger partial charge in [-0.2, -0.15) is 0 Å². The molecule has 2 aromatic rings. The first kappa shape index (κ1) is 10.2. The molecular formula is C10H9BrN2O2. The Bertz CT molecular complexity index is 533. The van der Waals surface area contributed by atoms with E-state index in [2.05, 4.69) is 20.9 Å². The molecule has 78 valence electrons. The van der Waals surface area contributed by atoms with Crippen LogP contribution in [0.15, 0.2) is 22.8 Å². The zero-order valence-electron chi connectivity index (χ0n) is 8.07. The van der Waals surface area contributed by atoms with Crippen molar-refractivity contribution in [3.8, 4) is 0 Å². The van der Waals surface area contributed by atoms with Gasteiger partial charge in [-0.15, -0.1) is 0 Å². The molecule has 2 rings (SSSR count). The van der Waals surface area contributed by atoms with Crippen molar-refractivity contribution in [3.63, 3.8) is 0 Å². The minimum absolute atomic E-state index is 0.244. The van der Waals surface area contributed by atoms with Gasteiger partial charge < -0.3 is 5.11 Å². The normalized spacial score (nSPS) is 10.8. The van der Waals surface area contributed by atoms with Crippen LogP contribution in [0.4, 0.5) is 0 Å². The van der Waals surface area contributed by atoms with Gasteiger partial charge in [-0.3, -0.25) is 4.40 Å². The number of fused-ring (bicyclic) bond motifs is 1. The van der Waals surface area contributed by atoms with E-state index < -0.39 is 5.97 Å². The fraction of sp³-hybridized carbons (Fsp3) is 0.200. The Labute approximate surface area is 94.7 Å². The van der Waals surface area contributed by atoms with Crippen LogP contribution in [0.25, 0.3) is 5.65 Å². The zero-order chi connectivity index (χ0) is 11.0. The molecule has 0 aliphatic carbocycles. The number of rotatable bonds is 2. The largest absolute Gasteiger partial charge is 0.477 e. The summed E-state index contributed by atoms with van der Waals surface area (Å²) < 4.78 is 2.42. The predicted molar refractivity (Wildman–Crippen MR) is 59.2 cm³/mol. The number of imidazole rings is 1. The van der Waals surface area contributed by atoms with Gasteiger partial charge in [0.05, 0.1) is 5.69 Å². The summed E-state index contributed by atoms with van der Waals surface area (Å²) in [4.78, 5) is 15.3. The summed E-state index contributed by atoms with van der Waals surface area (Å²) >= 11 is 3.31. The molecule has 0 spiro atoms. The monoisotopic (exact) mass is 268 g/mol. The van der Waals surface area contributed by atoms with Gasteiger partial charge in [-0.1, -0.05) is 6.92 Å². The highest BCUT2D eigenvalue weighted by molar-refractivity contribution is 9.10. The highest BCUT2D eigenvalue weighted by atomic mass is 79.9. The Balaban J connectivity index is 2.82. The van der Waals surface area contributed by atoms with Crippen LogP contribution in [0.3, 0.4) is 0 Å². The maximum Gasteiger partial charge on any atom is 0.354 e. The molecule has 0 amide bonds. The summed E-state index contributed by atoms with van der Waals surface area (Å²) in [7, 11) is 0. The maximum absolute atomic E-state index is 11.1. The number of halogens is 1. The van der Waals surface area contributed by atoms with E-state index >= 15 is 0 Å². The van der Waals surface area contributed by atoms with Crippen molar-refractivity contribution in [3.05, 3.63) is 34.2 Å². The number of hydrogen-bond donors (Lipinski definition) is 1. The third kappa shape index (κ3) is 1.63. The quantitative estimate of drug-likeness (QED) is 0.910. The summed E-state index contributed by atoms with van der Waals surface area (Å²) in [5.74, 6) is -0.947. The van der Waals surface area contributed by atoms with E-state index in [9.17, 15) is 4.79 Å². The third-order valence-corrected chi connectivity index (χ3v) is 2.66. The molecule has 0 saturated carbocycles. The lowest BCUT2D eigenvalue weighted by molar-refractivity contribution is 0.0688. The number of carboxylic acids is 1. The van der Waals surface area contributed by atoms with Gasteiger partial charge in [0.2, 0.25) is 0 Å². The van der Waals surface area contributed by atoms with Crippen LogP contribution in [0.2, 0.25) is 0 Å². The summed E-state index contributed by atoms with van der Waals surface area (Å²) in [6.45, 7) is 1.89. The lowest BCUT2D eigenvalue weighted by atomic mass is 10.2. The fourth-order valence-corrected chi connectivity index (χ4v) is 1.88. The molecule has 2 heterocycles. The second kappa shape index (κ2) is 3.66. The van der Waals surface area contributed by atoms with Gasteiger partial charge in [-0.25, -0.2) is 9.78 Å². The molecule has 0 atom stereocenters. The van der Waals surface area contributed by atoms with Gasteiger partial charge in [0.25, 0.3) is 0 Å². The Morgan fingerprint density at radius 3 is 2.93 bits per heavy atom. The highest BCUT2D eigenvalue weighted by Gasteiger charge is 2.16. The number of pyridine rings is 1. The average Bonchev–Trinajstić information content (AvgIpc) is 2.55. The molecular weight excluding hydrogens is 260 g/mol. The number of carboxylic acid groups (broad SMARTS) is 1. The van der Waals surface area contributed by atoms with Crippen molar-refractivity contribution in [2.24, 2.45) is 0 Å². The summed E-state index contributed by atoms with van der Waals surface area (Å²) in [5.41, 5.74) is 1.52. The van der Waals surface area contributed by atoms with Crippen molar-refractivity contribution < 1.29 is 9.90 Å². The van der Waals surface area contributed by atoms with Gasteiger partial charge in [0.1, 0.15) is 5.65 Å². The molecule has 15 heavy (non-hydrogen) atoms. The van der Waals surface area contributed by atoms with Crippen LogP contribution < -0.4 is 0 Å². The van der Waals surface area contributed by atoms with Crippen molar-refractivity contribution in [2.75, 3.05) is 0 Å². The first-order valence-corrected chi connectivity index (χ1v) is 5.32. The molecule has 0 radical (unpaired) electrons. The van der Waals surface area contributed by atoms with E-state index in [0.717, 1.165) is 4.47 Å². The lowest BCUT2D eigenvalue weighted by Crippen LogP contribution is -2.04. The van der Waals surface area contributed by atoms with Crippen LogP contribution in [-0.4, -0.2) is 20.5 Å². The maximum atomic E-state index is 11.1. The standard InChI is InChI=1S/C10H9BrN2O2/c1-2-7-9(10(14)15)13-5-6(11)3-4-8(13)12-7/h3-5H,2H2,1H3,(H,14,15). The molecule has 0 unspecified atom stereocenters. The van der Waals surface area contributed by atoms with Crippen molar-refractivity contribution >= 4 is 27.5 Å². The first-order chi connectivity index (χ1) is 7.13. The smallest absolute Gasteiger partial charge is 0.354 e. The molecule has 0 aliphatic rings. The number of aromatic carboxylic acids is 1. The Morgan fingerprint density at radius 1 is 1.60 bits per heavy atom. The van der Waals surface area contributed by atoms with Gasteiger partial charge >= 0.3 is 5.97 Å². The van der Waals surface area contributed by atoms with E-state index in [1.54, 1.807) is 16.7 Å². The first-order valence-electron chi connectivity index (χ1n) is 4.53. The molecule has 5 heteroatoms. The van der Waals surface area contributed by atoms with E-state index in [-0.39, 0.29) is 5.69 Å². The molecule has 1 N–H and O–H groups in total. The SMILES string of the molecule is CCc1nc2ccc(Br)cn2c1C(=O)O. The second-order valence-corrected chi connectivity index (χ2v) is 4.06. The van der Waals surface area contributed by atoms with Crippen LogP contribution in [0, 0.1) is 0 Å². The zero-order valence-corrected chi connectivity index (χ0v) is 9.65. The highest BCUT2D eigenvalue weighted by Crippen LogP contribution is 2.17. The van der Waals surface area contributed by atoms with Crippen molar-refractivity contribution in [2.45, 2.75) is 13.3 Å². The summed E-state index contributed by atoms with van der Waals surface area (Å²) in [5, 5.41) is 9.10. The number of hydrogen-bond acceptors (Lipinski definition) is 2. The van der Waals surface area contributed by atoms with Crippen molar-refractivity contribution in [1.29, 1.82) is 0 Å². The fourth-order valence-electron chi connectivity index (χ4n) is 1.54. The van der Waals surface area contributed by atoms with E-state index in [1.165, 1.54) is 0 Å². The van der Waals surface area contributed by atoms with Crippen molar-refractivity contribution in [1.82, 2.24) is 9.38 Å². The van der Waals surface area contributed by atoms with Crippen LogP contribution in [0.1, 0.15) is 23.1 Å². The topological polar surface area (TPSA) is 54.6 Å².